The van der Waals surface area contributed by atoms with Crippen LogP contribution in [-0.2, 0) is 22.1 Å². The maximum Gasteiger partial charge on any atom is 0.433 e. The summed E-state index contributed by atoms with van der Waals surface area (Å²) in [7, 11) is 0. The fraction of sp³-hybridized carbons (Fsp3) is 0.600. The van der Waals surface area contributed by atoms with Crippen molar-refractivity contribution in [2.75, 3.05) is 6.61 Å². The number of ether oxygens (including phenoxy) is 1. The first-order valence-electron chi connectivity index (χ1n) is 5.38. The van der Waals surface area contributed by atoms with Gasteiger partial charge in [-0.15, -0.1) is 0 Å². The van der Waals surface area contributed by atoms with E-state index in [2.05, 4.69) is 9.84 Å². The molecule has 0 aliphatic carbocycles. The van der Waals surface area contributed by atoms with E-state index in [4.69, 9.17) is 5.73 Å². The summed E-state index contributed by atoms with van der Waals surface area (Å²) in [5, 5.41) is 5.24. The van der Waals surface area contributed by atoms with E-state index in [9.17, 15) is 18.0 Å². The van der Waals surface area contributed by atoms with Gasteiger partial charge in [0.25, 0.3) is 0 Å². The highest BCUT2D eigenvalue weighted by Gasteiger charge is 2.35. The van der Waals surface area contributed by atoms with Crippen LogP contribution in [0.1, 0.15) is 24.6 Å². The van der Waals surface area contributed by atoms with Crippen molar-refractivity contribution in [2.45, 2.75) is 32.0 Å². The summed E-state index contributed by atoms with van der Waals surface area (Å²) in [5.74, 6) is -0.616. The lowest BCUT2D eigenvalue weighted by atomic mass is 10.1. The zero-order valence-corrected chi connectivity index (χ0v) is 9.75. The van der Waals surface area contributed by atoms with Crippen molar-refractivity contribution in [2.24, 2.45) is 5.73 Å². The first kappa shape index (κ1) is 14.5. The average molecular weight is 265 g/mol. The van der Waals surface area contributed by atoms with Crippen LogP contribution in [0.5, 0.6) is 0 Å². The molecule has 0 aliphatic heterocycles. The Morgan fingerprint density at radius 2 is 2.28 bits per heavy atom. The summed E-state index contributed by atoms with van der Waals surface area (Å²) < 4.78 is 42.1. The van der Waals surface area contributed by atoms with E-state index in [-0.39, 0.29) is 25.0 Å². The zero-order valence-electron chi connectivity index (χ0n) is 9.75. The van der Waals surface area contributed by atoms with Crippen LogP contribution in [0, 0.1) is 0 Å². The summed E-state index contributed by atoms with van der Waals surface area (Å²) in [4.78, 5) is 11.2. The number of alkyl halides is 3. The van der Waals surface area contributed by atoms with Crippen molar-refractivity contribution >= 4 is 5.97 Å². The highest BCUT2D eigenvalue weighted by Crippen LogP contribution is 2.30. The number of aryl methyl sites for hydroxylation is 1. The first-order chi connectivity index (χ1) is 8.36. The highest BCUT2D eigenvalue weighted by atomic mass is 19.4. The lowest BCUT2D eigenvalue weighted by Crippen LogP contribution is -2.32. The fourth-order valence-corrected chi connectivity index (χ4v) is 1.42. The SMILES string of the molecule is CCOC(=O)[C@H](N)CCc1cn[nH]c1C(F)(F)F. The van der Waals surface area contributed by atoms with Gasteiger partial charge >= 0.3 is 12.1 Å². The van der Waals surface area contributed by atoms with Crippen molar-refractivity contribution in [3.8, 4) is 0 Å². The van der Waals surface area contributed by atoms with Gasteiger partial charge < -0.3 is 10.5 Å². The molecule has 18 heavy (non-hydrogen) atoms. The molecule has 8 heteroatoms. The van der Waals surface area contributed by atoms with E-state index < -0.39 is 23.9 Å². The minimum absolute atomic E-state index is 0.00528. The van der Waals surface area contributed by atoms with Crippen molar-refractivity contribution in [3.05, 3.63) is 17.5 Å². The van der Waals surface area contributed by atoms with Crippen LogP contribution in [0.2, 0.25) is 0 Å². The van der Waals surface area contributed by atoms with E-state index in [1.807, 2.05) is 5.10 Å². The van der Waals surface area contributed by atoms with Crippen molar-refractivity contribution in [3.63, 3.8) is 0 Å². The molecule has 0 unspecified atom stereocenters. The molecule has 102 valence electrons. The van der Waals surface area contributed by atoms with Crippen LogP contribution in [0.4, 0.5) is 13.2 Å². The van der Waals surface area contributed by atoms with Crippen LogP contribution in [0.15, 0.2) is 6.20 Å². The second-order valence-corrected chi connectivity index (χ2v) is 3.67. The fourth-order valence-electron chi connectivity index (χ4n) is 1.42. The molecular formula is C10H14F3N3O2. The van der Waals surface area contributed by atoms with E-state index in [0.717, 1.165) is 6.20 Å². The maximum absolute atomic E-state index is 12.5. The Morgan fingerprint density at radius 3 is 2.83 bits per heavy atom. The predicted octanol–water partition coefficient (Wildman–Crippen LogP) is 1.25. The molecule has 0 bridgehead atoms. The minimum atomic E-state index is -4.49. The number of H-pyrrole nitrogens is 1. The molecule has 1 heterocycles. The summed E-state index contributed by atoms with van der Waals surface area (Å²) in [5.41, 5.74) is 4.58. The number of aromatic amines is 1. The third-order valence-electron chi connectivity index (χ3n) is 2.32. The topological polar surface area (TPSA) is 81.0 Å². The number of carbonyl (C=O) groups excluding carboxylic acids is 1. The predicted molar refractivity (Wildman–Crippen MR) is 56.5 cm³/mol. The lowest BCUT2D eigenvalue weighted by molar-refractivity contribution is -0.144. The molecule has 0 saturated carbocycles. The van der Waals surface area contributed by atoms with Gasteiger partial charge in [0.2, 0.25) is 0 Å². The van der Waals surface area contributed by atoms with E-state index in [1.165, 1.54) is 0 Å². The van der Waals surface area contributed by atoms with Gasteiger partial charge in [-0.25, -0.2) is 0 Å². The van der Waals surface area contributed by atoms with Gasteiger partial charge in [-0.1, -0.05) is 0 Å². The molecule has 0 aromatic carbocycles. The molecule has 1 aromatic rings. The second-order valence-electron chi connectivity index (χ2n) is 3.67. The minimum Gasteiger partial charge on any atom is -0.465 e. The molecule has 1 atom stereocenters. The Labute approximate surface area is 101 Å². The Morgan fingerprint density at radius 1 is 1.61 bits per heavy atom. The van der Waals surface area contributed by atoms with Crippen LogP contribution < -0.4 is 5.73 Å². The molecule has 0 aliphatic rings. The van der Waals surface area contributed by atoms with E-state index in [0.29, 0.717) is 0 Å². The molecule has 0 radical (unpaired) electrons. The van der Waals surface area contributed by atoms with Gasteiger partial charge in [0, 0.05) is 5.56 Å². The van der Waals surface area contributed by atoms with Gasteiger partial charge in [0.05, 0.1) is 12.8 Å². The third-order valence-corrected chi connectivity index (χ3v) is 2.32. The number of rotatable bonds is 5. The number of halogens is 3. The number of hydrogen-bond acceptors (Lipinski definition) is 4. The number of esters is 1. The lowest BCUT2D eigenvalue weighted by Gasteiger charge is -2.11. The summed E-state index contributed by atoms with van der Waals surface area (Å²) >= 11 is 0. The molecule has 0 saturated heterocycles. The van der Waals surface area contributed by atoms with Crippen LogP contribution in [0.3, 0.4) is 0 Å². The molecule has 0 amide bonds. The largest absolute Gasteiger partial charge is 0.465 e. The zero-order chi connectivity index (χ0) is 13.8. The number of carbonyl (C=O) groups is 1. The Bertz CT molecular complexity index is 403. The number of aromatic nitrogens is 2. The third kappa shape index (κ3) is 3.73. The van der Waals surface area contributed by atoms with Crippen LogP contribution in [-0.4, -0.2) is 28.8 Å². The smallest absolute Gasteiger partial charge is 0.433 e. The normalized spacial score (nSPS) is 13.4. The van der Waals surface area contributed by atoms with Gasteiger partial charge in [0.1, 0.15) is 11.7 Å². The van der Waals surface area contributed by atoms with E-state index >= 15 is 0 Å². The van der Waals surface area contributed by atoms with Crippen LogP contribution in [0.25, 0.3) is 0 Å². The van der Waals surface area contributed by atoms with Crippen molar-refractivity contribution in [1.82, 2.24) is 10.2 Å². The first-order valence-corrected chi connectivity index (χ1v) is 5.38. The van der Waals surface area contributed by atoms with Gasteiger partial charge in [-0.05, 0) is 19.8 Å². The Hall–Kier alpha value is -1.57. The van der Waals surface area contributed by atoms with Crippen LogP contribution >= 0.6 is 0 Å². The average Bonchev–Trinajstić information content (AvgIpc) is 2.74. The summed E-state index contributed by atoms with van der Waals surface area (Å²) in [6, 6.07) is -0.930. The number of nitrogens with zero attached hydrogens (tertiary/aromatic N) is 1. The van der Waals surface area contributed by atoms with Gasteiger partial charge in [-0.3, -0.25) is 9.89 Å². The number of nitrogens with one attached hydrogen (secondary N) is 1. The molecule has 1 rings (SSSR count). The Balaban J connectivity index is 2.59. The van der Waals surface area contributed by atoms with E-state index in [1.54, 1.807) is 6.92 Å². The Kier molecular flexibility index (Phi) is 4.71. The monoisotopic (exact) mass is 265 g/mol. The van der Waals surface area contributed by atoms with Crippen molar-refractivity contribution < 1.29 is 22.7 Å². The standard InChI is InChI=1S/C10H14F3N3O2/c1-2-18-9(17)7(14)4-3-6-5-15-16-8(6)10(11,12)13/h5,7H,2-4,14H2,1H3,(H,15,16)/t7-/m1/s1. The summed E-state index contributed by atoms with van der Waals surface area (Å²) in [6.45, 7) is 1.81. The molecule has 3 N–H and O–H groups in total. The molecular weight excluding hydrogens is 251 g/mol. The molecule has 5 nitrogen and oxygen atoms in total. The van der Waals surface area contributed by atoms with Gasteiger partial charge in [-0.2, -0.15) is 18.3 Å². The number of nitrogens with two attached hydrogens (primary N) is 1. The molecule has 0 spiro atoms. The van der Waals surface area contributed by atoms with Crippen molar-refractivity contribution in [1.29, 1.82) is 0 Å². The maximum atomic E-state index is 12.5. The summed E-state index contributed by atoms with van der Waals surface area (Å²) in [6.07, 6.45) is -3.33. The van der Waals surface area contributed by atoms with Gasteiger partial charge in [0.15, 0.2) is 0 Å². The highest BCUT2D eigenvalue weighted by molar-refractivity contribution is 5.75. The quantitative estimate of drug-likeness (QED) is 0.785. The molecule has 1 aromatic heterocycles. The molecule has 0 fully saturated rings. The number of hydrogen-bond donors (Lipinski definition) is 2. The second kappa shape index (κ2) is 5.85.